The third-order valence-electron chi connectivity index (χ3n) is 9.05. The van der Waals surface area contributed by atoms with Crippen molar-refractivity contribution >= 4 is 57.5 Å². The first-order valence-corrected chi connectivity index (χ1v) is 17.9. The van der Waals surface area contributed by atoms with Gasteiger partial charge in [-0.1, -0.05) is 0 Å². The molecule has 7 rings (SSSR count). The van der Waals surface area contributed by atoms with E-state index < -0.39 is 22.8 Å². The van der Waals surface area contributed by atoms with Crippen molar-refractivity contribution in [1.82, 2.24) is 39.7 Å². The molecule has 17 nitrogen and oxygen atoms in total. The van der Waals surface area contributed by atoms with Gasteiger partial charge in [-0.3, -0.25) is 28.7 Å². The Balaban J connectivity index is 0.898. The van der Waals surface area contributed by atoms with Crippen LogP contribution in [-0.4, -0.2) is 88.4 Å². The highest BCUT2D eigenvalue weighted by Crippen LogP contribution is 2.35. The second kappa shape index (κ2) is 15.2. The van der Waals surface area contributed by atoms with Crippen molar-refractivity contribution in [3.8, 4) is 23.1 Å². The number of benzene rings is 2. The molecule has 3 aromatic heterocycles. The maximum atomic E-state index is 12.8. The van der Waals surface area contributed by atoms with Crippen molar-refractivity contribution in [3.63, 3.8) is 0 Å². The molecule has 0 saturated carbocycles. The van der Waals surface area contributed by atoms with Crippen LogP contribution < -0.4 is 25.6 Å². The quantitative estimate of drug-likeness (QED) is 0.0955. The first-order valence-electron chi connectivity index (χ1n) is 16.8. The van der Waals surface area contributed by atoms with Gasteiger partial charge in [-0.05, 0) is 67.4 Å². The zero-order valence-electron chi connectivity index (χ0n) is 28.3. The first-order chi connectivity index (χ1) is 25.7. The van der Waals surface area contributed by atoms with E-state index in [2.05, 4.69) is 37.1 Å². The zero-order valence-corrected chi connectivity index (χ0v) is 29.1. The molecule has 0 bridgehead atoms. The van der Waals surface area contributed by atoms with Gasteiger partial charge >= 0.3 is 6.03 Å². The number of amides is 4. The lowest BCUT2D eigenvalue weighted by molar-refractivity contribution is -0.120. The van der Waals surface area contributed by atoms with Gasteiger partial charge in [0.2, 0.25) is 11.9 Å². The molecule has 0 spiro atoms. The summed E-state index contributed by atoms with van der Waals surface area (Å²) in [5.74, 6) is 0.494. The number of carbonyl (C=O) groups excluding carboxylic acids is 3. The Bertz CT molecular complexity index is 2210. The van der Waals surface area contributed by atoms with Crippen LogP contribution in [0.4, 0.5) is 22.1 Å². The summed E-state index contributed by atoms with van der Waals surface area (Å²) in [6, 6.07) is 17.6. The molecule has 5 heterocycles. The SMILES string of the molecule is N#CCC1(n2cc(-c3nc(Nc4ccc(C(=O)NCCCCOc5ccc(N6CCC(=O)NC6=O)cc5)cc4)nc4[nH]ccc34)cn2)CN(S(=O)[O-])C1. The highest BCUT2D eigenvalue weighted by molar-refractivity contribution is 7.76. The lowest BCUT2D eigenvalue weighted by Crippen LogP contribution is -2.62. The number of ether oxygens (including phenoxy) is 1. The van der Waals surface area contributed by atoms with Gasteiger partial charge in [-0.15, -0.1) is 0 Å². The molecule has 4 amide bonds. The molecule has 0 aliphatic carbocycles. The number of nitrogens with zero attached hydrogens (tertiary/aromatic N) is 7. The smallest absolute Gasteiger partial charge is 0.328 e. The van der Waals surface area contributed by atoms with Crippen LogP contribution in [0.25, 0.3) is 22.3 Å². The largest absolute Gasteiger partial charge is 0.760 e. The Kier molecular flexibility index (Phi) is 10.1. The Morgan fingerprint density at radius 2 is 1.87 bits per heavy atom. The fourth-order valence-electron chi connectivity index (χ4n) is 6.21. The molecule has 2 aliphatic rings. The highest BCUT2D eigenvalue weighted by atomic mass is 32.2. The van der Waals surface area contributed by atoms with E-state index in [1.807, 2.05) is 6.07 Å². The van der Waals surface area contributed by atoms with Crippen LogP contribution in [0.1, 0.15) is 36.0 Å². The average molecular weight is 737 g/mol. The van der Waals surface area contributed by atoms with Crippen molar-refractivity contribution in [2.45, 2.75) is 31.2 Å². The molecule has 53 heavy (non-hydrogen) atoms. The van der Waals surface area contributed by atoms with Gasteiger partial charge in [0, 0.05) is 84.1 Å². The number of fused-ring (bicyclic) bond motifs is 1. The average Bonchev–Trinajstić information content (AvgIpc) is 3.82. The molecule has 5 aromatic rings. The van der Waals surface area contributed by atoms with Crippen molar-refractivity contribution in [1.29, 1.82) is 5.26 Å². The highest BCUT2D eigenvalue weighted by Gasteiger charge is 2.46. The Morgan fingerprint density at radius 1 is 1.08 bits per heavy atom. The minimum atomic E-state index is -2.37. The number of nitriles is 1. The number of unbranched alkanes of at least 4 members (excludes halogenated alkanes) is 1. The second-order valence-corrected chi connectivity index (χ2v) is 13.6. The lowest BCUT2D eigenvalue weighted by Gasteiger charge is -2.49. The molecule has 1 unspecified atom stereocenters. The number of hydrogen-bond donors (Lipinski definition) is 4. The number of aromatic nitrogens is 5. The fourth-order valence-corrected chi connectivity index (χ4v) is 6.90. The van der Waals surface area contributed by atoms with E-state index in [0.29, 0.717) is 71.7 Å². The molecule has 0 radical (unpaired) electrons. The molecular formula is C35H34N11O6S-. The van der Waals surface area contributed by atoms with E-state index in [4.69, 9.17) is 9.72 Å². The van der Waals surface area contributed by atoms with E-state index in [1.165, 1.54) is 9.21 Å². The maximum Gasteiger partial charge on any atom is 0.328 e. The van der Waals surface area contributed by atoms with Gasteiger partial charge in [-0.2, -0.15) is 15.3 Å². The Morgan fingerprint density at radius 3 is 2.60 bits per heavy atom. The van der Waals surface area contributed by atoms with Crippen LogP contribution in [-0.2, 0) is 21.6 Å². The number of aromatic amines is 1. The Labute approximate surface area is 305 Å². The molecule has 4 N–H and O–H groups in total. The maximum absolute atomic E-state index is 12.8. The summed E-state index contributed by atoms with van der Waals surface area (Å²) >= 11 is -2.37. The number of carbonyl (C=O) groups is 3. The predicted octanol–water partition coefficient (Wildman–Crippen LogP) is 3.32. The summed E-state index contributed by atoms with van der Waals surface area (Å²) in [5, 5.41) is 23.1. The number of H-pyrrole nitrogens is 1. The van der Waals surface area contributed by atoms with Gasteiger partial charge in [0.25, 0.3) is 5.91 Å². The summed E-state index contributed by atoms with van der Waals surface area (Å²) in [6.07, 6.45) is 6.96. The minimum Gasteiger partial charge on any atom is -0.760 e. The summed E-state index contributed by atoms with van der Waals surface area (Å²) < 4.78 is 31.5. The van der Waals surface area contributed by atoms with Crippen LogP contribution in [0.3, 0.4) is 0 Å². The second-order valence-electron chi connectivity index (χ2n) is 12.6. The third-order valence-corrected chi connectivity index (χ3v) is 9.73. The summed E-state index contributed by atoms with van der Waals surface area (Å²) in [4.78, 5) is 50.1. The van der Waals surface area contributed by atoms with E-state index >= 15 is 0 Å². The predicted molar refractivity (Wildman–Crippen MR) is 193 cm³/mol. The molecule has 2 saturated heterocycles. The van der Waals surface area contributed by atoms with Crippen LogP contribution in [0.15, 0.2) is 73.2 Å². The normalized spacial score (nSPS) is 16.0. The van der Waals surface area contributed by atoms with Gasteiger partial charge in [0.05, 0.1) is 31.0 Å². The molecule has 18 heteroatoms. The number of nitrogens with one attached hydrogen (secondary N) is 4. The number of urea groups is 1. The van der Waals surface area contributed by atoms with Crippen molar-refractivity contribution in [2.24, 2.45) is 0 Å². The minimum absolute atomic E-state index is 0.105. The van der Waals surface area contributed by atoms with Gasteiger partial charge in [-0.25, -0.2) is 14.1 Å². The third kappa shape index (κ3) is 7.72. The van der Waals surface area contributed by atoms with Crippen molar-refractivity contribution < 1.29 is 27.9 Å². The first kappa shape index (κ1) is 35.3. The number of hydrogen-bond acceptors (Lipinski definition) is 11. The fraction of sp³-hybridized carbons (Fsp3) is 0.286. The van der Waals surface area contributed by atoms with Gasteiger partial charge in [0.15, 0.2) is 0 Å². The molecule has 2 fully saturated rings. The summed E-state index contributed by atoms with van der Waals surface area (Å²) in [7, 11) is 0. The van der Waals surface area contributed by atoms with E-state index in [1.54, 1.807) is 71.8 Å². The molecule has 2 aliphatic heterocycles. The van der Waals surface area contributed by atoms with Crippen LogP contribution in [0.5, 0.6) is 5.75 Å². The van der Waals surface area contributed by atoms with Crippen LogP contribution in [0, 0.1) is 11.3 Å². The van der Waals surface area contributed by atoms with Gasteiger partial charge in [0.1, 0.15) is 16.9 Å². The molecule has 1 atom stereocenters. The monoisotopic (exact) mass is 736 g/mol. The van der Waals surface area contributed by atoms with Gasteiger partial charge < -0.3 is 24.9 Å². The topological polar surface area (TPSA) is 226 Å². The van der Waals surface area contributed by atoms with E-state index in [0.717, 1.165) is 11.8 Å². The van der Waals surface area contributed by atoms with Crippen molar-refractivity contribution in [3.05, 3.63) is 78.8 Å². The molecule has 2 aromatic carbocycles. The Hall–Kier alpha value is -6.16. The molecule has 272 valence electrons. The van der Waals surface area contributed by atoms with Crippen molar-refractivity contribution in [2.75, 3.05) is 43.0 Å². The number of anilines is 3. The van der Waals surface area contributed by atoms with Crippen LogP contribution in [0.2, 0.25) is 0 Å². The van der Waals surface area contributed by atoms with E-state index in [-0.39, 0.29) is 37.7 Å². The van der Waals surface area contributed by atoms with E-state index in [9.17, 15) is 28.4 Å². The zero-order chi connectivity index (χ0) is 37.0. The number of imide groups is 1. The summed E-state index contributed by atoms with van der Waals surface area (Å²) in [6.45, 7) is 1.58. The summed E-state index contributed by atoms with van der Waals surface area (Å²) in [5.41, 5.74) is 2.96. The lowest BCUT2D eigenvalue weighted by atomic mass is 9.89. The number of rotatable bonds is 14. The standard InChI is InChI=1S/C35H35N11O6S/c36-14-13-35(21-44(22-35)53(50)51)46-20-24(19-39-46)30-28-11-16-37-31(28)43-33(42-30)40-25-5-3-23(4-6-25)32(48)38-15-1-2-18-52-27-9-7-26(8-10-27)45-17-12-29(47)41-34(45)49/h3-11,16,19-20H,1-2,12-13,15,17-18,21-22H2,(H,38,48)(H,50,51)(H,41,47,49)(H2,37,40,42,43)/p-1. The van der Waals surface area contributed by atoms with Crippen LogP contribution >= 0.6 is 0 Å². The molecular weight excluding hydrogens is 703 g/mol.